The summed E-state index contributed by atoms with van der Waals surface area (Å²) in [5.41, 5.74) is 3.93. The van der Waals surface area contributed by atoms with E-state index >= 15 is 0 Å². The maximum absolute atomic E-state index is 12.6. The van der Waals surface area contributed by atoms with E-state index in [9.17, 15) is 18.0 Å². The van der Waals surface area contributed by atoms with Gasteiger partial charge in [-0.15, -0.1) is 0 Å². The van der Waals surface area contributed by atoms with Gasteiger partial charge in [-0.25, -0.2) is 4.79 Å². The molecule has 0 aliphatic carbocycles. The molecule has 1 unspecified atom stereocenters. The second kappa shape index (κ2) is 9.34. The van der Waals surface area contributed by atoms with Crippen LogP contribution in [0, 0.1) is 6.92 Å². The summed E-state index contributed by atoms with van der Waals surface area (Å²) >= 11 is 0. The van der Waals surface area contributed by atoms with Crippen molar-refractivity contribution in [2.24, 2.45) is 0 Å². The summed E-state index contributed by atoms with van der Waals surface area (Å²) in [7, 11) is 0. The zero-order valence-electron chi connectivity index (χ0n) is 17.2. The van der Waals surface area contributed by atoms with Gasteiger partial charge in [0.25, 0.3) is 0 Å². The molecule has 1 atom stereocenters. The van der Waals surface area contributed by atoms with Crippen molar-refractivity contribution in [1.82, 2.24) is 14.7 Å². The van der Waals surface area contributed by atoms with Crippen LogP contribution in [0.2, 0.25) is 0 Å². The Morgan fingerprint density at radius 2 is 1.52 bits per heavy atom. The molecular weight excluding hydrogens is 383 g/mol. The van der Waals surface area contributed by atoms with Crippen molar-refractivity contribution in [2.75, 3.05) is 39.3 Å². The number of benzene rings is 1. The van der Waals surface area contributed by atoms with E-state index in [2.05, 4.69) is 39.7 Å². The molecule has 2 aliphatic rings. The highest BCUT2D eigenvalue weighted by Gasteiger charge is 2.40. The number of ether oxygens (including phenoxy) is 1. The number of hydrogen-bond donors (Lipinski definition) is 0. The number of halogens is 3. The predicted molar refractivity (Wildman–Crippen MR) is 105 cm³/mol. The molecule has 2 fully saturated rings. The van der Waals surface area contributed by atoms with E-state index in [0.29, 0.717) is 26.2 Å². The Hall–Kier alpha value is -1.80. The topological polar surface area (TPSA) is 36.0 Å². The summed E-state index contributed by atoms with van der Waals surface area (Å²) in [6, 6.07) is 6.42. The van der Waals surface area contributed by atoms with Crippen LogP contribution >= 0.6 is 0 Å². The minimum Gasteiger partial charge on any atom is -0.437 e. The fourth-order valence-electron chi connectivity index (χ4n) is 3.88. The van der Waals surface area contributed by atoms with Crippen molar-refractivity contribution in [3.63, 3.8) is 0 Å². The van der Waals surface area contributed by atoms with E-state index in [-0.39, 0.29) is 0 Å². The third-order valence-electron chi connectivity index (χ3n) is 5.91. The van der Waals surface area contributed by atoms with Gasteiger partial charge in [-0.1, -0.05) is 18.2 Å². The van der Waals surface area contributed by atoms with Gasteiger partial charge in [0.2, 0.25) is 0 Å². The average molecular weight is 413 g/mol. The van der Waals surface area contributed by atoms with Gasteiger partial charge >= 0.3 is 12.3 Å². The molecule has 0 N–H and O–H groups in total. The number of carbonyl (C=O) groups is 1. The van der Waals surface area contributed by atoms with Crippen LogP contribution in [0.1, 0.15) is 36.5 Å². The lowest BCUT2D eigenvalue weighted by Gasteiger charge is -2.35. The highest BCUT2D eigenvalue weighted by Crippen LogP contribution is 2.24. The first-order valence-electron chi connectivity index (χ1n) is 10.3. The fraction of sp³-hybridized carbons (Fsp3) is 0.667. The standard InChI is InChI=1S/C21H30F3N3O2/c1-16-18(14-25-8-3-4-9-25)6-5-7-19(16)15-26-10-12-27(13-11-26)20(28)29-17(2)21(22,23)24/h5-7,17H,3-4,8-15H2,1-2H3. The second-order valence-electron chi connectivity index (χ2n) is 8.02. The van der Waals surface area contributed by atoms with E-state index in [4.69, 9.17) is 0 Å². The molecule has 1 aromatic carbocycles. The number of alkyl halides is 3. The fourth-order valence-corrected chi connectivity index (χ4v) is 3.88. The van der Waals surface area contributed by atoms with Crippen LogP contribution in [0.25, 0.3) is 0 Å². The van der Waals surface area contributed by atoms with Gasteiger partial charge in [-0.2, -0.15) is 13.2 Å². The molecule has 0 saturated carbocycles. The summed E-state index contributed by atoms with van der Waals surface area (Å²) in [6.07, 6.45) is -4.97. The molecule has 1 amide bonds. The first kappa shape index (κ1) is 21.9. The van der Waals surface area contributed by atoms with Crippen LogP contribution in [0.3, 0.4) is 0 Å². The van der Waals surface area contributed by atoms with Crippen molar-refractivity contribution < 1.29 is 22.7 Å². The largest absolute Gasteiger partial charge is 0.437 e. The lowest BCUT2D eigenvalue weighted by molar-refractivity contribution is -0.200. The molecule has 3 rings (SSSR count). The molecule has 2 aliphatic heterocycles. The maximum atomic E-state index is 12.6. The van der Waals surface area contributed by atoms with Crippen molar-refractivity contribution in [3.05, 3.63) is 34.9 Å². The molecule has 29 heavy (non-hydrogen) atoms. The zero-order valence-corrected chi connectivity index (χ0v) is 17.2. The summed E-state index contributed by atoms with van der Waals surface area (Å²) in [6.45, 7) is 9.07. The summed E-state index contributed by atoms with van der Waals surface area (Å²) in [5.74, 6) is 0. The molecule has 8 heteroatoms. The number of rotatable bonds is 5. The van der Waals surface area contributed by atoms with Gasteiger partial charge in [-0.05, 0) is 56.5 Å². The predicted octanol–water partition coefficient (Wildman–Crippen LogP) is 3.80. The Morgan fingerprint density at radius 1 is 1.00 bits per heavy atom. The van der Waals surface area contributed by atoms with Crippen molar-refractivity contribution in [3.8, 4) is 0 Å². The zero-order chi connectivity index (χ0) is 21.0. The summed E-state index contributed by atoms with van der Waals surface area (Å²) in [4.78, 5) is 18.0. The first-order valence-corrected chi connectivity index (χ1v) is 10.3. The van der Waals surface area contributed by atoms with Gasteiger partial charge in [0.15, 0.2) is 6.10 Å². The lowest BCUT2D eigenvalue weighted by atomic mass is 10.0. The number of likely N-dealkylation sites (tertiary alicyclic amines) is 1. The van der Waals surface area contributed by atoms with Crippen molar-refractivity contribution in [1.29, 1.82) is 0 Å². The van der Waals surface area contributed by atoms with Gasteiger partial charge in [-0.3, -0.25) is 9.80 Å². The number of piperazine rings is 1. The normalized spacial score (nSPS) is 20.1. The molecule has 2 saturated heterocycles. The Kier molecular flexibility index (Phi) is 7.05. The van der Waals surface area contributed by atoms with Crippen LogP contribution in [0.4, 0.5) is 18.0 Å². The van der Waals surface area contributed by atoms with Crippen LogP contribution in [0.15, 0.2) is 18.2 Å². The summed E-state index contributed by atoms with van der Waals surface area (Å²) in [5, 5.41) is 0. The van der Waals surface area contributed by atoms with Gasteiger partial charge < -0.3 is 9.64 Å². The van der Waals surface area contributed by atoms with E-state index in [1.807, 2.05) is 0 Å². The average Bonchev–Trinajstić information content (AvgIpc) is 3.18. The molecule has 5 nitrogen and oxygen atoms in total. The minimum absolute atomic E-state index is 0.371. The van der Waals surface area contributed by atoms with Crippen molar-refractivity contribution >= 4 is 6.09 Å². The lowest BCUT2D eigenvalue weighted by Crippen LogP contribution is -2.49. The van der Waals surface area contributed by atoms with Gasteiger partial charge in [0.05, 0.1) is 0 Å². The molecule has 162 valence electrons. The molecule has 2 heterocycles. The third-order valence-corrected chi connectivity index (χ3v) is 5.91. The molecule has 0 radical (unpaired) electrons. The highest BCUT2D eigenvalue weighted by molar-refractivity contribution is 5.68. The number of hydrogen-bond acceptors (Lipinski definition) is 4. The molecule has 1 aromatic rings. The highest BCUT2D eigenvalue weighted by atomic mass is 19.4. The van der Waals surface area contributed by atoms with E-state index in [1.165, 1.54) is 34.4 Å². The van der Waals surface area contributed by atoms with Crippen LogP contribution in [-0.2, 0) is 17.8 Å². The Balaban J connectivity index is 1.51. The van der Waals surface area contributed by atoms with Gasteiger partial charge in [0, 0.05) is 39.3 Å². The van der Waals surface area contributed by atoms with E-state index < -0.39 is 18.4 Å². The maximum Gasteiger partial charge on any atom is 0.425 e. The number of nitrogens with zero attached hydrogens (tertiary/aromatic N) is 3. The number of amides is 1. The smallest absolute Gasteiger partial charge is 0.425 e. The Morgan fingerprint density at radius 3 is 2.03 bits per heavy atom. The van der Waals surface area contributed by atoms with Gasteiger partial charge in [0.1, 0.15) is 0 Å². The number of carbonyl (C=O) groups excluding carboxylic acids is 1. The molecule has 0 spiro atoms. The Bertz CT molecular complexity index is 697. The molecule has 0 bridgehead atoms. The monoisotopic (exact) mass is 413 g/mol. The third kappa shape index (κ3) is 5.85. The molecular formula is C21H30F3N3O2. The SMILES string of the molecule is Cc1c(CN2CCCC2)cccc1CN1CCN(C(=O)OC(C)C(F)(F)F)CC1. The first-order chi connectivity index (χ1) is 13.7. The minimum atomic E-state index is -4.53. The van der Waals surface area contributed by atoms with E-state index in [0.717, 1.165) is 33.1 Å². The van der Waals surface area contributed by atoms with Crippen LogP contribution in [0.5, 0.6) is 0 Å². The molecule has 0 aromatic heterocycles. The van der Waals surface area contributed by atoms with Crippen molar-refractivity contribution in [2.45, 2.75) is 52.1 Å². The van der Waals surface area contributed by atoms with Crippen LogP contribution in [-0.4, -0.2) is 72.3 Å². The van der Waals surface area contributed by atoms with Crippen LogP contribution < -0.4 is 0 Å². The Labute approximate surface area is 170 Å². The second-order valence-corrected chi connectivity index (χ2v) is 8.02. The quantitative estimate of drug-likeness (QED) is 0.736. The summed E-state index contributed by atoms with van der Waals surface area (Å²) < 4.78 is 42.3. The van der Waals surface area contributed by atoms with E-state index in [1.54, 1.807) is 0 Å².